The minimum absolute atomic E-state index is 0.220. The first-order chi connectivity index (χ1) is 13.5. The molecule has 0 atom stereocenters. The molecular formula is C22H19Cl2N3O. The van der Waals surface area contributed by atoms with Crippen LogP contribution in [0.15, 0.2) is 48.5 Å². The van der Waals surface area contributed by atoms with Crippen LogP contribution in [0.2, 0.25) is 10.0 Å². The van der Waals surface area contributed by atoms with Gasteiger partial charge in [0.2, 0.25) is 0 Å². The molecule has 0 aliphatic carbocycles. The molecule has 0 unspecified atom stereocenters. The third-order valence-electron chi connectivity index (χ3n) is 4.84. The number of aromatic nitrogens is 2. The van der Waals surface area contributed by atoms with Crippen molar-refractivity contribution in [2.75, 3.05) is 6.54 Å². The molecule has 142 valence electrons. The molecule has 28 heavy (non-hydrogen) atoms. The van der Waals surface area contributed by atoms with Crippen molar-refractivity contribution in [3.05, 3.63) is 75.4 Å². The molecule has 0 spiro atoms. The van der Waals surface area contributed by atoms with Gasteiger partial charge in [0.25, 0.3) is 5.91 Å². The molecular weight excluding hydrogens is 393 g/mol. The Kier molecular flexibility index (Phi) is 5.00. The second-order valence-electron chi connectivity index (χ2n) is 6.83. The summed E-state index contributed by atoms with van der Waals surface area (Å²) in [5, 5.41) is 6.12. The molecule has 0 radical (unpaired) electrons. The van der Waals surface area contributed by atoms with E-state index < -0.39 is 0 Å². The Morgan fingerprint density at radius 3 is 2.68 bits per heavy atom. The highest BCUT2D eigenvalue weighted by molar-refractivity contribution is 6.36. The highest BCUT2D eigenvalue weighted by atomic mass is 35.5. The van der Waals surface area contributed by atoms with Crippen LogP contribution in [0.1, 0.15) is 21.6 Å². The van der Waals surface area contributed by atoms with Gasteiger partial charge < -0.3 is 9.88 Å². The number of benzene rings is 2. The number of carbonyl (C=O) groups excluding carboxylic acids is 1. The lowest BCUT2D eigenvalue weighted by Gasteiger charge is -2.10. The van der Waals surface area contributed by atoms with Crippen molar-refractivity contribution in [3.63, 3.8) is 0 Å². The van der Waals surface area contributed by atoms with Gasteiger partial charge in [0.1, 0.15) is 5.65 Å². The predicted molar refractivity (Wildman–Crippen MR) is 116 cm³/mol. The number of amides is 1. The molecule has 0 aliphatic heterocycles. The van der Waals surface area contributed by atoms with Crippen LogP contribution in [0.5, 0.6) is 0 Å². The summed E-state index contributed by atoms with van der Waals surface area (Å²) in [5.41, 5.74) is 4.65. The lowest BCUT2D eigenvalue weighted by Crippen LogP contribution is -2.27. The molecule has 0 saturated heterocycles. The van der Waals surface area contributed by atoms with Crippen LogP contribution in [0, 0.1) is 13.8 Å². The van der Waals surface area contributed by atoms with Crippen molar-refractivity contribution in [2.24, 2.45) is 0 Å². The lowest BCUT2D eigenvalue weighted by molar-refractivity contribution is 0.0952. The molecule has 4 aromatic rings. The molecule has 2 heterocycles. The highest BCUT2D eigenvalue weighted by Gasteiger charge is 2.15. The number of rotatable bonds is 4. The summed E-state index contributed by atoms with van der Waals surface area (Å²) >= 11 is 12.0. The monoisotopic (exact) mass is 411 g/mol. The van der Waals surface area contributed by atoms with Gasteiger partial charge in [-0.1, -0.05) is 41.4 Å². The van der Waals surface area contributed by atoms with E-state index in [2.05, 4.69) is 35.0 Å². The second-order valence-corrected chi connectivity index (χ2v) is 7.67. The van der Waals surface area contributed by atoms with E-state index in [1.807, 2.05) is 19.1 Å². The third kappa shape index (κ3) is 3.34. The highest BCUT2D eigenvalue weighted by Crippen LogP contribution is 2.30. The van der Waals surface area contributed by atoms with Crippen molar-refractivity contribution in [3.8, 4) is 0 Å². The molecule has 0 bridgehead atoms. The van der Waals surface area contributed by atoms with Crippen molar-refractivity contribution in [1.29, 1.82) is 0 Å². The van der Waals surface area contributed by atoms with Crippen molar-refractivity contribution >= 4 is 51.0 Å². The Morgan fingerprint density at radius 1 is 1.11 bits per heavy atom. The molecule has 4 nitrogen and oxygen atoms in total. The fourth-order valence-electron chi connectivity index (χ4n) is 3.66. The van der Waals surface area contributed by atoms with E-state index >= 15 is 0 Å². The largest absolute Gasteiger partial charge is 0.350 e. The Bertz CT molecular complexity index is 1210. The SMILES string of the molecule is Cc1cc(C)c2c3ccccc3n(CCNC(=O)c3ccc(Cl)cc3Cl)c2n1. The van der Waals surface area contributed by atoms with Gasteiger partial charge in [0, 0.05) is 34.6 Å². The first-order valence-corrected chi connectivity index (χ1v) is 9.79. The molecule has 1 N–H and O–H groups in total. The van der Waals surface area contributed by atoms with Crippen LogP contribution in [-0.4, -0.2) is 22.0 Å². The number of aryl methyl sites for hydroxylation is 2. The minimum Gasteiger partial charge on any atom is -0.350 e. The predicted octanol–water partition coefficient (Wildman–Crippen LogP) is 5.54. The van der Waals surface area contributed by atoms with Crippen LogP contribution < -0.4 is 5.32 Å². The van der Waals surface area contributed by atoms with Gasteiger partial charge in [-0.15, -0.1) is 0 Å². The fraction of sp³-hybridized carbons (Fsp3) is 0.182. The van der Waals surface area contributed by atoms with Crippen LogP contribution in [0.4, 0.5) is 0 Å². The average molecular weight is 412 g/mol. The molecule has 4 rings (SSSR count). The normalized spacial score (nSPS) is 11.3. The van der Waals surface area contributed by atoms with Crippen LogP contribution >= 0.6 is 23.2 Å². The zero-order valence-electron chi connectivity index (χ0n) is 15.6. The standard InChI is InChI=1S/C22H19Cl2N3O/c1-13-11-14(2)26-21-20(13)17-5-3-4-6-19(17)27(21)10-9-25-22(28)16-8-7-15(23)12-18(16)24/h3-8,11-12H,9-10H2,1-2H3,(H,25,28). The zero-order valence-corrected chi connectivity index (χ0v) is 17.1. The van der Waals surface area contributed by atoms with Crippen molar-refractivity contribution in [2.45, 2.75) is 20.4 Å². The number of nitrogens with zero attached hydrogens (tertiary/aromatic N) is 2. The summed E-state index contributed by atoms with van der Waals surface area (Å²) in [6.07, 6.45) is 0. The Morgan fingerprint density at radius 2 is 1.89 bits per heavy atom. The summed E-state index contributed by atoms with van der Waals surface area (Å²) in [7, 11) is 0. The number of nitrogens with one attached hydrogen (secondary N) is 1. The van der Waals surface area contributed by atoms with Crippen LogP contribution in [-0.2, 0) is 6.54 Å². The van der Waals surface area contributed by atoms with E-state index in [4.69, 9.17) is 28.2 Å². The smallest absolute Gasteiger partial charge is 0.252 e. The van der Waals surface area contributed by atoms with E-state index in [1.54, 1.807) is 18.2 Å². The summed E-state index contributed by atoms with van der Waals surface area (Å²) in [4.78, 5) is 17.2. The molecule has 1 amide bonds. The molecule has 2 aromatic carbocycles. The fourth-order valence-corrected chi connectivity index (χ4v) is 4.15. The third-order valence-corrected chi connectivity index (χ3v) is 5.39. The summed E-state index contributed by atoms with van der Waals surface area (Å²) in [6, 6.07) is 15.2. The molecule has 6 heteroatoms. The molecule has 2 aromatic heterocycles. The topological polar surface area (TPSA) is 46.9 Å². The maximum atomic E-state index is 12.5. The number of fused-ring (bicyclic) bond motifs is 3. The number of pyridine rings is 1. The minimum atomic E-state index is -0.220. The molecule has 0 aliphatic rings. The van der Waals surface area contributed by atoms with Gasteiger partial charge >= 0.3 is 0 Å². The summed E-state index contributed by atoms with van der Waals surface area (Å²) in [6.45, 7) is 5.17. The number of carbonyl (C=O) groups is 1. The summed E-state index contributed by atoms with van der Waals surface area (Å²) in [5.74, 6) is -0.220. The van der Waals surface area contributed by atoms with Crippen molar-refractivity contribution < 1.29 is 4.79 Å². The molecule has 0 fully saturated rings. The number of halogens is 2. The van der Waals surface area contributed by atoms with E-state index in [1.165, 1.54) is 10.9 Å². The Balaban J connectivity index is 1.63. The van der Waals surface area contributed by atoms with Gasteiger partial charge in [-0.25, -0.2) is 4.98 Å². The lowest BCUT2D eigenvalue weighted by atomic mass is 10.1. The van der Waals surface area contributed by atoms with Gasteiger partial charge in [-0.05, 0) is 49.7 Å². The van der Waals surface area contributed by atoms with E-state index in [-0.39, 0.29) is 5.91 Å². The number of para-hydroxylation sites is 1. The zero-order chi connectivity index (χ0) is 19.8. The van der Waals surface area contributed by atoms with Gasteiger partial charge in [0.05, 0.1) is 16.1 Å². The van der Waals surface area contributed by atoms with Crippen LogP contribution in [0.25, 0.3) is 21.9 Å². The van der Waals surface area contributed by atoms with E-state index in [0.717, 1.165) is 22.2 Å². The molecule has 0 saturated carbocycles. The Labute approximate surface area is 173 Å². The maximum absolute atomic E-state index is 12.5. The van der Waals surface area contributed by atoms with Gasteiger partial charge in [-0.3, -0.25) is 4.79 Å². The maximum Gasteiger partial charge on any atom is 0.252 e. The van der Waals surface area contributed by atoms with Gasteiger partial charge in [0.15, 0.2) is 0 Å². The van der Waals surface area contributed by atoms with Gasteiger partial charge in [-0.2, -0.15) is 0 Å². The van der Waals surface area contributed by atoms with E-state index in [9.17, 15) is 4.79 Å². The van der Waals surface area contributed by atoms with E-state index in [0.29, 0.717) is 28.7 Å². The second kappa shape index (κ2) is 7.46. The first-order valence-electron chi connectivity index (χ1n) is 9.04. The quantitative estimate of drug-likeness (QED) is 0.478. The number of hydrogen-bond donors (Lipinski definition) is 1. The first kappa shape index (κ1) is 18.8. The van der Waals surface area contributed by atoms with Crippen LogP contribution in [0.3, 0.4) is 0 Å². The Hall–Kier alpha value is -2.56. The summed E-state index contributed by atoms with van der Waals surface area (Å²) < 4.78 is 2.16. The number of hydrogen-bond acceptors (Lipinski definition) is 2. The van der Waals surface area contributed by atoms with Crippen molar-refractivity contribution in [1.82, 2.24) is 14.9 Å². The average Bonchev–Trinajstić information content (AvgIpc) is 2.95.